The first-order chi connectivity index (χ1) is 11.1. The number of benzene rings is 1. The van der Waals surface area contributed by atoms with E-state index in [0.29, 0.717) is 0 Å². The Balaban J connectivity index is 1.95. The Hall–Kier alpha value is -2.56. The number of pyridine rings is 1. The number of hydrogen-bond acceptors (Lipinski definition) is 4. The normalized spacial score (nSPS) is 16.7. The van der Waals surface area contributed by atoms with E-state index in [9.17, 15) is 0 Å². The van der Waals surface area contributed by atoms with Crippen molar-refractivity contribution in [2.24, 2.45) is 5.41 Å². The van der Waals surface area contributed by atoms with Crippen LogP contribution in [0.3, 0.4) is 0 Å². The molecule has 3 heterocycles. The van der Waals surface area contributed by atoms with Crippen LogP contribution in [0.4, 0.5) is 0 Å². The fourth-order valence-electron chi connectivity index (χ4n) is 3.28. The van der Waals surface area contributed by atoms with Crippen LogP contribution in [0.2, 0.25) is 0 Å². The molecule has 0 bridgehead atoms. The zero-order valence-electron chi connectivity index (χ0n) is 13.6. The van der Waals surface area contributed by atoms with Crippen molar-refractivity contribution in [2.75, 3.05) is 0 Å². The Kier molecular flexibility index (Phi) is 3.04. The summed E-state index contributed by atoms with van der Waals surface area (Å²) in [5, 5.41) is 12.5. The van der Waals surface area contributed by atoms with Crippen molar-refractivity contribution < 1.29 is 0 Å². The van der Waals surface area contributed by atoms with Crippen LogP contribution in [0.25, 0.3) is 22.5 Å². The van der Waals surface area contributed by atoms with Gasteiger partial charge in [0.05, 0.1) is 17.3 Å². The molecule has 1 atom stereocenters. The van der Waals surface area contributed by atoms with E-state index in [1.165, 1.54) is 0 Å². The van der Waals surface area contributed by atoms with Crippen LogP contribution in [-0.2, 0) is 6.42 Å². The number of rotatable bonds is 1. The standard InChI is InChI=1S/C18H19N5/c1-18(2,3)15-11-14-16(17-20-21-22-23(15)17)13(9-10-19-14)12-7-5-4-6-8-12/h4-10,15H,11H2,1-3H3. The van der Waals surface area contributed by atoms with Gasteiger partial charge in [-0.2, -0.15) is 0 Å². The molecule has 0 fully saturated rings. The lowest BCUT2D eigenvalue weighted by Gasteiger charge is -2.34. The smallest absolute Gasteiger partial charge is 0.184 e. The van der Waals surface area contributed by atoms with Gasteiger partial charge in [0.1, 0.15) is 0 Å². The number of aromatic nitrogens is 5. The highest BCUT2D eigenvalue weighted by molar-refractivity contribution is 5.82. The van der Waals surface area contributed by atoms with Crippen molar-refractivity contribution in [1.29, 1.82) is 0 Å². The summed E-state index contributed by atoms with van der Waals surface area (Å²) in [7, 11) is 0. The van der Waals surface area contributed by atoms with Gasteiger partial charge in [0, 0.05) is 12.6 Å². The van der Waals surface area contributed by atoms with Crippen molar-refractivity contribution in [3.8, 4) is 22.5 Å². The van der Waals surface area contributed by atoms with E-state index in [1.807, 2.05) is 35.1 Å². The van der Waals surface area contributed by atoms with E-state index >= 15 is 0 Å². The predicted octanol–water partition coefficient (Wildman–Crippen LogP) is 3.55. The van der Waals surface area contributed by atoms with Gasteiger partial charge in [0.25, 0.3) is 0 Å². The fourth-order valence-corrected chi connectivity index (χ4v) is 3.28. The van der Waals surface area contributed by atoms with Gasteiger partial charge in [-0.3, -0.25) is 4.98 Å². The molecule has 23 heavy (non-hydrogen) atoms. The molecule has 116 valence electrons. The molecule has 1 aliphatic heterocycles. The van der Waals surface area contributed by atoms with Gasteiger partial charge >= 0.3 is 0 Å². The highest BCUT2D eigenvalue weighted by Crippen LogP contribution is 2.43. The number of tetrazole rings is 1. The van der Waals surface area contributed by atoms with Crippen molar-refractivity contribution in [1.82, 2.24) is 25.2 Å². The van der Waals surface area contributed by atoms with Crippen molar-refractivity contribution in [2.45, 2.75) is 33.2 Å². The van der Waals surface area contributed by atoms with Crippen LogP contribution in [0, 0.1) is 5.41 Å². The lowest BCUT2D eigenvalue weighted by atomic mass is 9.80. The molecule has 1 unspecified atom stereocenters. The molecule has 1 aromatic carbocycles. The largest absolute Gasteiger partial charge is 0.260 e. The van der Waals surface area contributed by atoms with Crippen LogP contribution < -0.4 is 0 Å². The second-order valence-corrected chi connectivity index (χ2v) is 7.08. The summed E-state index contributed by atoms with van der Waals surface area (Å²) >= 11 is 0. The summed E-state index contributed by atoms with van der Waals surface area (Å²) in [5.41, 5.74) is 4.50. The second kappa shape index (κ2) is 4.98. The lowest BCUT2D eigenvalue weighted by molar-refractivity contribution is 0.216. The highest BCUT2D eigenvalue weighted by atomic mass is 15.6. The van der Waals surface area contributed by atoms with Crippen LogP contribution in [0.5, 0.6) is 0 Å². The molecule has 0 saturated heterocycles. The first-order valence-corrected chi connectivity index (χ1v) is 7.87. The van der Waals surface area contributed by atoms with E-state index in [4.69, 9.17) is 0 Å². The van der Waals surface area contributed by atoms with Crippen LogP contribution >= 0.6 is 0 Å². The number of fused-ring (bicyclic) bond motifs is 3. The van der Waals surface area contributed by atoms with Crippen molar-refractivity contribution >= 4 is 0 Å². The average molecular weight is 305 g/mol. The van der Waals surface area contributed by atoms with E-state index in [1.54, 1.807) is 0 Å². The first kappa shape index (κ1) is 14.1. The summed E-state index contributed by atoms with van der Waals surface area (Å²) < 4.78 is 1.97. The minimum atomic E-state index is 0.0618. The van der Waals surface area contributed by atoms with E-state index in [2.05, 4.69) is 53.4 Å². The molecule has 1 aliphatic rings. The predicted molar refractivity (Wildman–Crippen MR) is 88.7 cm³/mol. The fraction of sp³-hybridized carbons (Fsp3) is 0.333. The Labute approximate surface area is 135 Å². The highest BCUT2D eigenvalue weighted by Gasteiger charge is 2.36. The van der Waals surface area contributed by atoms with E-state index in [-0.39, 0.29) is 11.5 Å². The third-order valence-electron chi connectivity index (χ3n) is 4.51. The number of nitrogens with zero attached hydrogens (tertiary/aromatic N) is 5. The molecular weight excluding hydrogens is 286 g/mol. The topological polar surface area (TPSA) is 56.5 Å². The van der Waals surface area contributed by atoms with Gasteiger partial charge < -0.3 is 0 Å². The van der Waals surface area contributed by atoms with Crippen molar-refractivity contribution in [3.63, 3.8) is 0 Å². The molecule has 0 saturated carbocycles. The molecule has 2 aromatic heterocycles. The van der Waals surface area contributed by atoms with Crippen molar-refractivity contribution in [3.05, 3.63) is 48.3 Å². The molecule has 5 heteroatoms. The second-order valence-electron chi connectivity index (χ2n) is 7.08. The molecule has 3 aromatic rings. The maximum Gasteiger partial charge on any atom is 0.184 e. The molecular formula is C18H19N5. The summed E-state index contributed by atoms with van der Waals surface area (Å²) in [6.07, 6.45) is 2.73. The molecule has 5 nitrogen and oxygen atoms in total. The van der Waals surface area contributed by atoms with Crippen LogP contribution in [0.15, 0.2) is 42.6 Å². The third-order valence-corrected chi connectivity index (χ3v) is 4.51. The first-order valence-electron chi connectivity index (χ1n) is 7.87. The minimum Gasteiger partial charge on any atom is -0.260 e. The van der Waals surface area contributed by atoms with Gasteiger partial charge in [-0.05, 0) is 33.0 Å². The number of hydrogen-bond donors (Lipinski definition) is 0. The third kappa shape index (κ3) is 2.23. The Morgan fingerprint density at radius 1 is 1.09 bits per heavy atom. The minimum absolute atomic E-state index is 0.0618. The van der Waals surface area contributed by atoms with Gasteiger partial charge in [0.2, 0.25) is 0 Å². The summed E-state index contributed by atoms with van der Waals surface area (Å²) in [6.45, 7) is 6.65. The lowest BCUT2D eigenvalue weighted by Crippen LogP contribution is -2.31. The molecule has 0 spiro atoms. The zero-order valence-corrected chi connectivity index (χ0v) is 13.6. The van der Waals surface area contributed by atoms with Gasteiger partial charge in [-0.15, -0.1) is 5.10 Å². The Morgan fingerprint density at radius 2 is 1.87 bits per heavy atom. The molecule has 0 amide bonds. The monoisotopic (exact) mass is 305 g/mol. The van der Waals surface area contributed by atoms with Crippen LogP contribution in [-0.4, -0.2) is 25.2 Å². The van der Waals surface area contributed by atoms with Gasteiger partial charge in [-0.1, -0.05) is 51.1 Å². The Bertz CT molecular complexity index is 845. The molecule has 0 radical (unpaired) electrons. The molecule has 0 aliphatic carbocycles. The summed E-state index contributed by atoms with van der Waals surface area (Å²) in [4.78, 5) is 4.64. The SMILES string of the molecule is CC(C)(C)C1Cc2nccc(-c3ccccc3)c2-c2nnnn21. The maximum atomic E-state index is 4.64. The zero-order chi connectivity index (χ0) is 16.0. The Morgan fingerprint density at radius 3 is 2.61 bits per heavy atom. The van der Waals surface area contributed by atoms with E-state index < -0.39 is 0 Å². The average Bonchev–Trinajstić information content (AvgIpc) is 3.03. The van der Waals surface area contributed by atoms with Gasteiger partial charge in [0.15, 0.2) is 5.82 Å². The molecule has 0 N–H and O–H groups in total. The van der Waals surface area contributed by atoms with Crippen LogP contribution in [0.1, 0.15) is 32.5 Å². The summed E-state index contributed by atoms with van der Waals surface area (Å²) in [5.74, 6) is 0.818. The molecule has 4 rings (SSSR count). The quantitative estimate of drug-likeness (QED) is 0.690. The van der Waals surface area contributed by atoms with E-state index in [0.717, 1.165) is 34.6 Å². The van der Waals surface area contributed by atoms with Gasteiger partial charge in [-0.25, -0.2) is 4.68 Å². The maximum absolute atomic E-state index is 4.64. The summed E-state index contributed by atoms with van der Waals surface area (Å²) in [6, 6.07) is 12.6.